The number of nitrogens with zero attached hydrogens (tertiary/aromatic N) is 3. The third kappa shape index (κ3) is 5.20. The molecular weight excluding hydrogens is 787 g/mol. The zero-order chi connectivity index (χ0) is 41.9. The summed E-state index contributed by atoms with van der Waals surface area (Å²) in [4.78, 5) is 10.7. The second-order valence-corrected chi connectivity index (χ2v) is 16.5. The van der Waals surface area contributed by atoms with Crippen LogP contribution in [0, 0.1) is 0 Å². The third-order valence-electron chi connectivity index (χ3n) is 12.8. The Hall–Kier alpha value is -8.74. The highest BCUT2D eigenvalue weighted by Gasteiger charge is 2.23. The number of benzene rings is 9. The SMILES string of the molecule is c1ccc(-c2ccc3oc4c(-c5cccc6oc7ccc(-c8ccc9c(c8)c8ccccc8n9-c8ccccc8)cc7c56)nc(-c5ccc6oc7ccccc7c6c5)nc4c3c2)cc1. The molecule has 0 saturated heterocycles. The third-order valence-corrected chi connectivity index (χ3v) is 12.8. The first-order valence-corrected chi connectivity index (χ1v) is 21.5. The Labute approximate surface area is 364 Å². The van der Waals surface area contributed by atoms with Crippen LogP contribution in [0.1, 0.15) is 0 Å². The van der Waals surface area contributed by atoms with Crippen molar-refractivity contribution >= 4 is 87.8 Å². The summed E-state index contributed by atoms with van der Waals surface area (Å²) in [5, 5.41) is 7.37. The van der Waals surface area contributed by atoms with E-state index in [9.17, 15) is 0 Å². The van der Waals surface area contributed by atoms with E-state index in [0.717, 1.165) is 99.4 Å². The summed E-state index contributed by atoms with van der Waals surface area (Å²) in [5.41, 5.74) is 15.7. The van der Waals surface area contributed by atoms with Gasteiger partial charge in [0.2, 0.25) is 0 Å². The normalized spacial score (nSPS) is 12.1. The molecule has 0 spiro atoms. The van der Waals surface area contributed by atoms with Crippen molar-refractivity contribution in [2.45, 2.75) is 0 Å². The second kappa shape index (κ2) is 13.4. The first kappa shape index (κ1) is 34.9. The van der Waals surface area contributed by atoms with Crippen LogP contribution in [0.25, 0.3) is 138 Å². The lowest BCUT2D eigenvalue weighted by Gasteiger charge is -2.09. The summed E-state index contributed by atoms with van der Waals surface area (Å²) in [6.45, 7) is 0. The Morgan fingerprint density at radius 2 is 0.922 bits per heavy atom. The predicted molar refractivity (Wildman–Crippen MR) is 260 cm³/mol. The Balaban J connectivity index is 0.993. The highest BCUT2D eigenvalue weighted by molar-refractivity contribution is 6.17. The molecule has 0 saturated carbocycles. The van der Waals surface area contributed by atoms with Gasteiger partial charge in [0.15, 0.2) is 11.4 Å². The molecule has 5 heterocycles. The minimum absolute atomic E-state index is 0.593. The molecule has 5 aromatic heterocycles. The van der Waals surface area contributed by atoms with E-state index < -0.39 is 0 Å². The molecule has 0 aliphatic rings. The van der Waals surface area contributed by atoms with Gasteiger partial charge in [-0.3, -0.25) is 0 Å². The maximum atomic E-state index is 6.80. The maximum Gasteiger partial charge on any atom is 0.180 e. The van der Waals surface area contributed by atoms with Gasteiger partial charge in [0, 0.05) is 54.5 Å². The van der Waals surface area contributed by atoms with Crippen molar-refractivity contribution < 1.29 is 13.3 Å². The number of hydrogen-bond acceptors (Lipinski definition) is 5. The van der Waals surface area contributed by atoms with Gasteiger partial charge in [0.25, 0.3) is 0 Å². The smallest absolute Gasteiger partial charge is 0.180 e. The number of hydrogen-bond donors (Lipinski definition) is 0. The molecule has 6 nitrogen and oxygen atoms in total. The van der Waals surface area contributed by atoms with Crippen molar-refractivity contribution in [2.75, 3.05) is 0 Å². The van der Waals surface area contributed by atoms with E-state index in [0.29, 0.717) is 17.1 Å². The molecule has 6 heteroatoms. The first-order chi connectivity index (χ1) is 31.7. The number of fused-ring (bicyclic) bond motifs is 12. The van der Waals surface area contributed by atoms with Crippen molar-refractivity contribution in [1.29, 1.82) is 0 Å². The second-order valence-electron chi connectivity index (χ2n) is 16.5. The van der Waals surface area contributed by atoms with Crippen molar-refractivity contribution in [3.63, 3.8) is 0 Å². The lowest BCUT2D eigenvalue weighted by atomic mass is 9.98. The lowest BCUT2D eigenvalue weighted by Crippen LogP contribution is -1.94. The summed E-state index contributed by atoms with van der Waals surface area (Å²) in [6, 6.07) is 69.7. The van der Waals surface area contributed by atoms with Crippen LogP contribution < -0.4 is 0 Å². The molecule has 0 aliphatic carbocycles. The molecular formula is C58H33N3O3. The molecule has 0 aliphatic heterocycles. The standard InChI is InChI=1S/C58H33N3O3/c1-3-12-34(13-4-1)35-23-28-52-46(32-35)56-57(64-52)55(59-58(60-56)38-25-29-50-44(33-38)41-17-8-10-20-49(41)62-50)42-18-11-21-53-54(42)45-31-37(24-27-51(45)63-53)36-22-26-48-43(30-36)40-16-7-9-19-47(40)61(48)39-14-5-2-6-15-39/h1-33H. The van der Waals surface area contributed by atoms with E-state index in [1.54, 1.807) is 0 Å². The van der Waals surface area contributed by atoms with Crippen molar-refractivity contribution in [2.24, 2.45) is 0 Å². The van der Waals surface area contributed by atoms with Crippen LogP contribution in [0.5, 0.6) is 0 Å². The van der Waals surface area contributed by atoms with Crippen molar-refractivity contribution in [3.8, 4) is 50.6 Å². The van der Waals surface area contributed by atoms with Crippen LogP contribution in [0.3, 0.4) is 0 Å². The molecule has 0 radical (unpaired) electrons. The molecule has 0 fully saturated rings. The maximum absolute atomic E-state index is 6.80. The Morgan fingerprint density at radius 3 is 1.77 bits per heavy atom. The van der Waals surface area contributed by atoms with Gasteiger partial charge >= 0.3 is 0 Å². The van der Waals surface area contributed by atoms with Gasteiger partial charge in [-0.1, -0.05) is 115 Å². The van der Waals surface area contributed by atoms with Crippen LogP contribution in [0.15, 0.2) is 213 Å². The molecule has 0 amide bonds. The summed E-state index contributed by atoms with van der Waals surface area (Å²) in [6.07, 6.45) is 0. The molecule has 14 rings (SSSR count). The molecule has 298 valence electrons. The van der Waals surface area contributed by atoms with E-state index in [-0.39, 0.29) is 0 Å². The summed E-state index contributed by atoms with van der Waals surface area (Å²) in [7, 11) is 0. The predicted octanol–water partition coefficient (Wildman–Crippen LogP) is 15.9. The van der Waals surface area contributed by atoms with E-state index in [2.05, 4.69) is 150 Å². The van der Waals surface area contributed by atoms with Gasteiger partial charge in [0.1, 0.15) is 39.1 Å². The topological polar surface area (TPSA) is 70.1 Å². The van der Waals surface area contributed by atoms with Gasteiger partial charge in [-0.15, -0.1) is 0 Å². The van der Waals surface area contributed by atoms with Crippen molar-refractivity contribution in [1.82, 2.24) is 14.5 Å². The Kier molecular flexibility index (Phi) is 7.30. The summed E-state index contributed by atoms with van der Waals surface area (Å²) >= 11 is 0. The van der Waals surface area contributed by atoms with E-state index in [1.165, 1.54) is 21.8 Å². The van der Waals surface area contributed by atoms with Gasteiger partial charge in [-0.05, 0) is 107 Å². The molecule has 0 atom stereocenters. The number of rotatable bonds is 5. The van der Waals surface area contributed by atoms with Gasteiger partial charge in [-0.25, -0.2) is 9.97 Å². The highest BCUT2D eigenvalue weighted by Crippen LogP contribution is 2.44. The minimum Gasteiger partial charge on any atom is -0.456 e. The Bertz CT molecular complexity index is 4190. The average Bonchev–Trinajstić information content (AvgIpc) is 4.12. The largest absolute Gasteiger partial charge is 0.456 e. The molecule has 0 N–H and O–H groups in total. The average molecular weight is 820 g/mol. The first-order valence-electron chi connectivity index (χ1n) is 21.5. The minimum atomic E-state index is 0.593. The molecule has 9 aromatic carbocycles. The zero-order valence-electron chi connectivity index (χ0n) is 34.1. The number of aromatic nitrogens is 3. The van der Waals surface area contributed by atoms with E-state index >= 15 is 0 Å². The lowest BCUT2D eigenvalue weighted by molar-refractivity contribution is 0.666. The quantitative estimate of drug-likeness (QED) is 0.173. The number of para-hydroxylation sites is 3. The van der Waals surface area contributed by atoms with Crippen LogP contribution in [-0.4, -0.2) is 14.5 Å². The monoisotopic (exact) mass is 819 g/mol. The van der Waals surface area contributed by atoms with Crippen molar-refractivity contribution in [3.05, 3.63) is 200 Å². The molecule has 14 aromatic rings. The fourth-order valence-corrected chi connectivity index (χ4v) is 9.84. The summed E-state index contributed by atoms with van der Waals surface area (Å²) < 4.78 is 22.0. The molecule has 0 unspecified atom stereocenters. The van der Waals surface area contributed by atoms with E-state index in [4.69, 9.17) is 23.2 Å². The van der Waals surface area contributed by atoms with Crippen LogP contribution >= 0.6 is 0 Å². The zero-order valence-corrected chi connectivity index (χ0v) is 34.1. The van der Waals surface area contributed by atoms with Gasteiger partial charge in [0.05, 0.1) is 11.0 Å². The molecule has 0 bridgehead atoms. The van der Waals surface area contributed by atoms with Crippen LogP contribution in [0.2, 0.25) is 0 Å². The highest BCUT2D eigenvalue weighted by atomic mass is 16.3. The van der Waals surface area contributed by atoms with Crippen LogP contribution in [-0.2, 0) is 0 Å². The number of furan rings is 3. The Morgan fingerprint density at radius 1 is 0.344 bits per heavy atom. The van der Waals surface area contributed by atoms with Gasteiger partial charge in [-0.2, -0.15) is 0 Å². The van der Waals surface area contributed by atoms with E-state index in [1.807, 2.05) is 54.6 Å². The fourth-order valence-electron chi connectivity index (χ4n) is 9.84. The summed E-state index contributed by atoms with van der Waals surface area (Å²) in [5.74, 6) is 0.593. The molecule has 64 heavy (non-hydrogen) atoms. The fraction of sp³-hybridized carbons (Fsp3) is 0. The van der Waals surface area contributed by atoms with Gasteiger partial charge < -0.3 is 17.8 Å². The van der Waals surface area contributed by atoms with Crippen LogP contribution in [0.4, 0.5) is 0 Å².